The lowest BCUT2D eigenvalue weighted by Gasteiger charge is -2.20. The summed E-state index contributed by atoms with van der Waals surface area (Å²) in [5, 5.41) is 18.6. The Morgan fingerprint density at radius 3 is 2.21 bits per heavy atom. The Morgan fingerprint density at radius 1 is 0.966 bits per heavy atom. The van der Waals surface area contributed by atoms with Gasteiger partial charge in [0, 0.05) is 13.0 Å². The third kappa shape index (κ3) is 5.40. The van der Waals surface area contributed by atoms with Crippen molar-refractivity contribution in [3.8, 4) is 23.0 Å². The van der Waals surface area contributed by atoms with Crippen molar-refractivity contribution >= 4 is 11.7 Å². The summed E-state index contributed by atoms with van der Waals surface area (Å²) in [6, 6.07) is 21.3. The van der Waals surface area contributed by atoms with E-state index < -0.39 is 11.8 Å². The molecule has 0 heterocycles. The van der Waals surface area contributed by atoms with E-state index in [2.05, 4.69) is 0 Å². The molecule has 3 aromatic rings. The lowest BCUT2D eigenvalue weighted by Crippen LogP contribution is -2.41. The van der Waals surface area contributed by atoms with E-state index in [1.54, 1.807) is 24.3 Å². The molecule has 0 aliphatic heterocycles. The highest BCUT2D eigenvalue weighted by atomic mass is 16.6. The van der Waals surface area contributed by atoms with Crippen LogP contribution >= 0.6 is 0 Å². The second-order valence-corrected chi connectivity index (χ2v) is 6.44. The molecule has 0 saturated carbocycles. The van der Waals surface area contributed by atoms with Gasteiger partial charge in [-0.3, -0.25) is 0 Å². The van der Waals surface area contributed by atoms with Crippen LogP contribution in [0.4, 0.5) is 5.69 Å². The minimum atomic E-state index is -2.36. The summed E-state index contributed by atoms with van der Waals surface area (Å²) in [5.41, 5.74) is 7.25. The van der Waals surface area contributed by atoms with E-state index in [4.69, 9.17) is 25.1 Å². The van der Waals surface area contributed by atoms with Gasteiger partial charge in [0.05, 0.1) is 5.69 Å². The molecule has 3 aromatic carbocycles. The van der Waals surface area contributed by atoms with E-state index >= 15 is 0 Å². The fourth-order valence-electron chi connectivity index (χ4n) is 2.43. The van der Waals surface area contributed by atoms with Crippen LogP contribution in [0.15, 0.2) is 72.8 Å². The van der Waals surface area contributed by atoms with E-state index in [9.17, 15) is 9.90 Å². The van der Waals surface area contributed by atoms with Crippen LogP contribution in [-0.2, 0) is 11.4 Å². The highest BCUT2D eigenvalue weighted by Crippen LogP contribution is 2.32. The number of anilines is 1. The second-order valence-electron chi connectivity index (χ2n) is 6.44. The van der Waals surface area contributed by atoms with E-state index in [0.29, 0.717) is 23.9 Å². The summed E-state index contributed by atoms with van der Waals surface area (Å²) in [7, 11) is 0. The third-order valence-corrected chi connectivity index (χ3v) is 3.99. The summed E-state index contributed by atoms with van der Waals surface area (Å²) in [6.45, 7) is 1.49. The zero-order valence-electron chi connectivity index (χ0n) is 15.7. The molecule has 0 radical (unpaired) electrons. The average Bonchev–Trinajstić information content (AvgIpc) is 2.70. The van der Waals surface area contributed by atoms with Crippen LogP contribution in [0.25, 0.3) is 0 Å². The van der Waals surface area contributed by atoms with Crippen LogP contribution < -0.4 is 19.9 Å². The Kier molecular flexibility index (Phi) is 5.90. The number of ether oxygens (including phenoxy) is 3. The molecule has 0 bridgehead atoms. The highest BCUT2D eigenvalue weighted by molar-refractivity contribution is 5.75. The van der Waals surface area contributed by atoms with Crippen molar-refractivity contribution in [1.29, 1.82) is 0 Å². The fourth-order valence-corrected chi connectivity index (χ4v) is 2.43. The number of aliphatic hydroxyl groups is 1. The maximum absolute atomic E-state index is 10.9. The Labute approximate surface area is 167 Å². The quantitative estimate of drug-likeness (QED) is 0.393. The smallest absolute Gasteiger partial charge is 0.376 e. The second kappa shape index (κ2) is 8.53. The fraction of sp³-hybridized carbons (Fsp3) is 0.136. The summed E-state index contributed by atoms with van der Waals surface area (Å²) < 4.78 is 16.5. The Morgan fingerprint density at radius 2 is 1.59 bits per heavy atom. The zero-order valence-corrected chi connectivity index (χ0v) is 15.7. The predicted molar refractivity (Wildman–Crippen MR) is 107 cm³/mol. The van der Waals surface area contributed by atoms with Crippen LogP contribution in [0.1, 0.15) is 12.5 Å². The number of carboxylic acid groups (broad SMARTS) is 1. The molecule has 0 aliphatic carbocycles. The van der Waals surface area contributed by atoms with Gasteiger partial charge in [-0.15, -0.1) is 0 Å². The van der Waals surface area contributed by atoms with Gasteiger partial charge < -0.3 is 30.2 Å². The minimum Gasteiger partial charge on any atom is -0.489 e. The molecule has 29 heavy (non-hydrogen) atoms. The van der Waals surface area contributed by atoms with E-state index in [-0.39, 0.29) is 11.4 Å². The molecule has 0 fully saturated rings. The number of hydrogen-bond donors (Lipinski definition) is 3. The molecule has 0 amide bonds. The monoisotopic (exact) mass is 395 g/mol. The molecule has 0 spiro atoms. The number of hydrogen-bond acceptors (Lipinski definition) is 6. The number of carbonyl (C=O) groups is 1. The van der Waals surface area contributed by atoms with Crippen molar-refractivity contribution in [1.82, 2.24) is 0 Å². The number of aliphatic carboxylic acids is 1. The molecule has 0 aromatic heterocycles. The summed E-state index contributed by atoms with van der Waals surface area (Å²) in [6.07, 6.45) is 0. The van der Waals surface area contributed by atoms with Crippen LogP contribution in [0.5, 0.6) is 23.0 Å². The molecule has 7 nitrogen and oxygen atoms in total. The lowest BCUT2D eigenvalue weighted by atomic mass is 10.2. The number of carboxylic acids is 1. The molecule has 0 saturated heterocycles. The van der Waals surface area contributed by atoms with Gasteiger partial charge in [-0.2, -0.15) is 0 Å². The standard InChI is InChI=1S/C22H21NO6/c1-22(26,21(24)25)29-18-11-12-20(19(23)13-18)28-17-9-7-16(8-10-17)27-14-15-5-3-2-4-6-15/h2-13,26H,14,23H2,1H3,(H,24,25). The average molecular weight is 395 g/mol. The lowest BCUT2D eigenvalue weighted by molar-refractivity contribution is -0.188. The summed E-state index contributed by atoms with van der Waals surface area (Å²) >= 11 is 0. The van der Waals surface area contributed by atoms with Gasteiger partial charge in [0.25, 0.3) is 0 Å². The highest BCUT2D eigenvalue weighted by Gasteiger charge is 2.32. The Hall–Kier alpha value is -3.71. The Bertz CT molecular complexity index is 970. The summed E-state index contributed by atoms with van der Waals surface area (Å²) in [4.78, 5) is 10.9. The first-order valence-corrected chi connectivity index (χ1v) is 8.82. The van der Waals surface area contributed by atoms with E-state index in [1.807, 2.05) is 30.3 Å². The topological polar surface area (TPSA) is 111 Å². The first-order valence-electron chi connectivity index (χ1n) is 8.82. The molecular formula is C22H21NO6. The molecule has 150 valence electrons. The number of benzene rings is 3. The maximum Gasteiger partial charge on any atom is 0.376 e. The maximum atomic E-state index is 10.9. The normalized spacial score (nSPS) is 12.6. The van der Waals surface area contributed by atoms with Crippen molar-refractivity contribution in [3.63, 3.8) is 0 Å². The van der Waals surface area contributed by atoms with Crippen LogP contribution in [0, 0.1) is 0 Å². The predicted octanol–water partition coefficient (Wildman–Crippen LogP) is 3.81. The molecule has 7 heteroatoms. The van der Waals surface area contributed by atoms with Crippen LogP contribution in [0.2, 0.25) is 0 Å². The SMILES string of the molecule is CC(O)(Oc1ccc(Oc2ccc(OCc3ccccc3)cc2)c(N)c1)C(=O)O. The molecule has 1 atom stereocenters. The van der Waals surface area contributed by atoms with Crippen molar-refractivity contribution in [3.05, 3.63) is 78.4 Å². The van der Waals surface area contributed by atoms with Gasteiger partial charge in [0.15, 0.2) is 5.75 Å². The summed E-state index contributed by atoms with van der Waals surface area (Å²) in [5.74, 6) is -2.14. The van der Waals surface area contributed by atoms with Gasteiger partial charge in [-0.05, 0) is 42.0 Å². The largest absolute Gasteiger partial charge is 0.489 e. The molecule has 4 N–H and O–H groups in total. The molecular weight excluding hydrogens is 374 g/mol. The number of nitrogen functional groups attached to an aromatic ring is 1. The van der Waals surface area contributed by atoms with Gasteiger partial charge in [-0.1, -0.05) is 30.3 Å². The van der Waals surface area contributed by atoms with Crippen LogP contribution in [-0.4, -0.2) is 22.0 Å². The molecule has 1 unspecified atom stereocenters. The van der Waals surface area contributed by atoms with Gasteiger partial charge in [0.2, 0.25) is 0 Å². The van der Waals surface area contributed by atoms with Crippen LogP contribution in [0.3, 0.4) is 0 Å². The van der Waals surface area contributed by atoms with E-state index in [1.165, 1.54) is 18.2 Å². The van der Waals surface area contributed by atoms with Gasteiger partial charge in [-0.25, -0.2) is 4.79 Å². The van der Waals surface area contributed by atoms with Crippen molar-refractivity contribution in [2.24, 2.45) is 0 Å². The van der Waals surface area contributed by atoms with Gasteiger partial charge >= 0.3 is 11.8 Å². The first kappa shape index (κ1) is 20.0. The molecule has 0 aliphatic rings. The van der Waals surface area contributed by atoms with E-state index in [0.717, 1.165) is 12.5 Å². The van der Waals surface area contributed by atoms with Crippen molar-refractivity contribution in [2.75, 3.05) is 5.73 Å². The minimum absolute atomic E-state index is 0.104. The Balaban J connectivity index is 1.61. The van der Waals surface area contributed by atoms with Crippen molar-refractivity contribution < 1.29 is 29.2 Å². The molecule has 3 rings (SSSR count). The van der Waals surface area contributed by atoms with Gasteiger partial charge in [0.1, 0.15) is 23.9 Å². The zero-order chi connectivity index (χ0) is 20.9. The number of rotatable bonds is 8. The third-order valence-electron chi connectivity index (χ3n) is 3.99. The van der Waals surface area contributed by atoms with Crippen molar-refractivity contribution in [2.45, 2.75) is 19.3 Å². The first-order chi connectivity index (χ1) is 13.8. The number of nitrogens with two attached hydrogens (primary N) is 1.